The first-order valence-electron chi connectivity index (χ1n) is 7.00. The summed E-state index contributed by atoms with van der Waals surface area (Å²) in [5, 5.41) is 0. The van der Waals surface area contributed by atoms with Crippen LogP contribution >= 0.6 is 0 Å². The molecule has 0 bridgehead atoms. The zero-order chi connectivity index (χ0) is 15.1. The smallest absolute Gasteiger partial charge is 0.311 e. The lowest BCUT2D eigenvalue weighted by atomic mass is 9.97. The molecule has 0 aliphatic rings. The summed E-state index contributed by atoms with van der Waals surface area (Å²) in [5.41, 5.74) is 2.06. The average Bonchev–Trinajstić information content (AvgIpc) is 2.56. The number of hydrogen-bond acceptors (Lipinski definition) is 3. The van der Waals surface area contributed by atoms with E-state index in [0.717, 1.165) is 11.1 Å². The zero-order valence-electron chi connectivity index (χ0n) is 12.4. The van der Waals surface area contributed by atoms with Gasteiger partial charge in [0.2, 0.25) is 0 Å². The molecule has 0 aliphatic carbocycles. The Hall–Kier alpha value is -2.13. The van der Waals surface area contributed by atoms with E-state index in [1.54, 1.807) is 0 Å². The van der Waals surface area contributed by atoms with Gasteiger partial charge in [0.25, 0.3) is 0 Å². The summed E-state index contributed by atoms with van der Waals surface area (Å²) in [5.74, 6) is -0.627. The van der Waals surface area contributed by atoms with Gasteiger partial charge >= 0.3 is 5.97 Å². The largest absolute Gasteiger partial charge is 0.469 e. The van der Waals surface area contributed by atoms with Gasteiger partial charge < -0.3 is 9.47 Å². The maximum atomic E-state index is 11.8. The molecular formula is C18H20O3. The fraction of sp³-hybridized carbons (Fsp3) is 0.278. The Labute approximate surface area is 125 Å². The monoisotopic (exact) mass is 284 g/mol. The van der Waals surface area contributed by atoms with Crippen LogP contribution in [0.15, 0.2) is 60.7 Å². The molecule has 110 valence electrons. The maximum absolute atomic E-state index is 11.8. The zero-order valence-corrected chi connectivity index (χ0v) is 12.4. The molecule has 21 heavy (non-hydrogen) atoms. The minimum absolute atomic E-state index is 0.267. The van der Waals surface area contributed by atoms with E-state index in [4.69, 9.17) is 9.47 Å². The highest BCUT2D eigenvalue weighted by Crippen LogP contribution is 2.28. The molecule has 2 aromatic rings. The fourth-order valence-corrected chi connectivity index (χ4v) is 2.24. The summed E-state index contributed by atoms with van der Waals surface area (Å²) in [6.07, 6.45) is -0.321. The Balaban J connectivity index is 2.14. The van der Waals surface area contributed by atoms with E-state index in [-0.39, 0.29) is 18.0 Å². The molecule has 0 aliphatic heterocycles. The Morgan fingerprint density at radius 3 is 2.14 bits per heavy atom. The standard InChI is InChI=1S/C18H20O3/c1-14(18(19)20-2)17(16-11-7-4-8-12-16)21-13-15-9-5-3-6-10-15/h3-12,14,17H,13H2,1-2H3/t14-,17+/m0/s1. The van der Waals surface area contributed by atoms with Crippen LogP contribution in [0.3, 0.4) is 0 Å². The van der Waals surface area contributed by atoms with Crippen molar-refractivity contribution in [3.8, 4) is 0 Å². The molecule has 3 nitrogen and oxygen atoms in total. The highest BCUT2D eigenvalue weighted by molar-refractivity contribution is 5.72. The summed E-state index contributed by atoms with van der Waals surface area (Å²) in [7, 11) is 1.40. The topological polar surface area (TPSA) is 35.5 Å². The lowest BCUT2D eigenvalue weighted by molar-refractivity contribution is -0.151. The predicted molar refractivity (Wildman–Crippen MR) is 81.6 cm³/mol. The summed E-state index contributed by atoms with van der Waals surface area (Å²) < 4.78 is 10.8. The SMILES string of the molecule is COC(=O)[C@@H](C)[C@@H](OCc1ccccc1)c1ccccc1. The van der Waals surface area contributed by atoms with Gasteiger partial charge in [0, 0.05) is 0 Å². The molecule has 2 rings (SSSR count). The molecular weight excluding hydrogens is 264 g/mol. The molecule has 0 saturated heterocycles. The molecule has 3 heteroatoms. The summed E-state index contributed by atoms with van der Waals surface area (Å²) >= 11 is 0. The third kappa shape index (κ3) is 4.17. The van der Waals surface area contributed by atoms with Crippen molar-refractivity contribution in [2.45, 2.75) is 19.6 Å². The predicted octanol–water partition coefficient (Wildman–Crippen LogP) is 3.75. The first-order chi connectivity index (χ1) is 10.2. The Morgan fingerprint density at radius 2 is 1.57 bits per heavy atom. The van der Waals surface area contributed by atoms with Crippen LogP contribution < -0.4 is 0 Å². The third-order valence-electron chi connectivity index (χ3n) is 3.43. The number of carbonyl (C=O) groups is 1. The number of benzene rings is 2. The van der Waals surface area contributed by atoms with E-state index < -0.39 is 0 Å². The summed E-state index contributed by atoms with van der Waals surface area (Å²) in [4.78, 5) is 11.8. The number of rotatable bonds is 6. The van der Waals surface area contributed by atoms with E-state index >= 15 is 0 Å². The average molecular weight is 284 g/mol. The van der Waals surface area contributed by atoms with Crippen LogP contribution in [0.2, 0.25) is 0 Å². The first kappa shape index (κ1) is 15.3. The maximum Gasteiger partial charge on any atom is 0.311 e. The third-order valence-corrected chi connectivity index (χ3v) is 3.43. The van der Waals surface area contributed by atoms with Crippen LogP contribution in [-0.2, 0) is 20.9 Å². The van der Waals surface area contributed by atoms with Gasteiger partial charge in [-0.25, -0.2) is 0 Å². The van der Waals surface area contributed by atoms with Gasteiger partial charge in [-0.2, -0.15) is 0 Å². The van der Waals surface area contributed by atoms with Crippen molar-refractivity contribution in [3.63, 3.8) is 0 Å². The van der Waals surface area contributed by atoms with Crippen LogP contribution in [0.25, 0.3) is 0 Å². The Kier molecular flexibility index (Phi) is 5.52. The minimum atomic E-state index is -0.360. The molecule has 0 N–H and O–H groups in total. The second-order valence-corrected chi connectivity index (χ2v) is 4.94. The van der Waals surface area contributed by atoms with Crippen molar-refractivity contribution in [1.29, 1.82) is 0 Å². The van der Waals surface area contributed by atoms with Crippen molar-refractivity contribution in [1.82, 2.24) is 0 Å². The molecule has 2 aromatic carbocycles. The number of carbonyl (C=O) groups excluding carboxylic acids is 1. The van der Waals surface area contributed by atoms with Crippen LogP contribution in [0.1, 0.15) is 24.2 Å². The van der Waals surface area contributed by atoms with E-state index in [0.29, 0.717) is 6.61 Å². The van der Waals surface area contributed by atoms with Crippen LogP contribution in [0.5, 0.6) is 0 Å². The van der Waals surface area contributed by atoms with Crippen molar-refractivity contribution in [3.05, 3.63) is 71.8 Å². The van der Waals surface area contributed by atoms with Crippen molar-refractivity contribution in [2.75, 3.05) is 7.11 Å². The van der Waals surface area contributed by atoms with Gasteiger partial charge in [-0.15, -0.1) is 0 Å². The van der Waals surface area contributed by atoms with Gasteiger partial charge in [0.15, 0.2) is 0 Å². The van der Waals surface area contributed by atoms with Crippen molar-refractivity contribution >= 4 is 5.97 Å². The number of esters is 1. The van der Waals surface area contributed by atoms with Gasteiger partial charge in [-0.1, -0.05) is 60.7 Å². The van der Waals surface area contributed by atoms with Gasteiger partial charge in [-0.05, 0) is 18.1 Å². The van der Waals surface area contributed by atoms with E-state index in [1.165, 1.54) is 7.11 Å². The number of hydrogen-bond donors (Lipinski definition) is 0. The lowest BCUT2D eigenvalue weighted by Gasteiger charge is -2.23. The minimum Gasteiger partial charge on any atom is -0.469 e. The number of ether oxygens (including phenoxy) is 2. The Bertz CT molecular complexity index is 551. The summed E-state index contributed by atoms with van der Waals surface area (Å²) in [6.45, 7) is 2.29. The normalized spacial score (nSPS) is 13.4. The highest BCUT2D eigenvalue weighted by Gasteiger charge is 2.27. The second kappa shape index (κ2) is 7.60. The molecule has 2 atom stereocenters. The molecule has 0 aromatic heterocycles. The van der Waals surface area contributed by atoms with E-state index in [1.807, 2.05) is 67.6 Å². The van der Waals surface area contributed by atoms with Crippen LogP contribution in [0.4, 0.5) is 0 Å². The molecule has 0 spiro atoms. The van der Waals surface area contributed by atoms with Gasteiger partial charge in [0.1, 0.15) is 0 Å². The van der Waals surface area contributed by atoms with Crippen LogP contribution in [-0.4, -0.2) is 13.1 Å². The quantitative estimate of drug-likeness (QED) is 0.758. The Morgan fingerprint density at radius 1 is 1.00 bits per heavy atom. The van der Waals surface area contributed by atoms with Gasteiger partial charge in [-0.3, -0.25) is 4.79 Å². The molecule has 0 unspecified atom stereocenters. The molecule has 0 amide bonds. The van der Waals surface area contributed by atoms with Crippen LogP contribution in [0, 0.1) is 5.92 Å². The van der Waals surface area contributed by atoms with E-state index in [9.17, 15) is 4.79 Å². The summed E-state index contributed by atoms with van der Waals surface area (Å²) in [6, 6.07) is 19.7. The molecule has 0 heterocycles. The van der Waals surface area contributed by atoms with E-state index in [2.05, 4.69) is 0 Å². The lowest BCUT2D eigenvalue weighted by Crippen LogP contribution is -2.23. The molecule has 0 saturated carbocycles. The van der Waals surface area contributed by atoms with Crippen molar-refractivity contribution < 1.29 is 14.3 Å². The fourth-order valence-electron chi connectivity index (χ4n) is 2.24. The number of methoxy groups -OCH3 is 1. The highest BCUT2D eigenvalue weighted by atomic mass is 16.5. The second-order valence-electron chi connectivity index (χ2n) is 4.94. The molecule has 0 radical (unpaired) electrons. The van der Waals surface area contributed by atoms with Gasteiger partial charge in [0.05, 0.1) is 25.7 Å². The molecule has 0 fully saturated rings. The van der Waals surface area contributed by atoms with Crippen molar-refractivity contribution in [2.24, 2.45) is 5.92 Å². The first-order valence-corrected chi connectivity index (χ1v) is 7.00.